The number of fused-ring (bicyclic) bond motifs is 1. The second-order valence-electron chi connectivity index (χ2n) is 3.89. The van der Waals surface area contributed by atoms with Crippen molar-refractivity contribution in [2.45, 2.75) is 9.79 Å². The summed E-state index contributed by atoms with van der Waals surface area (Å²) in [6, 6.07) is 25.5. The van der Waals surface area contributed by atoms with E-state index in [4.69, 9.17) is 0 Å². The molecule has 0 heterocycles. The van der Waals surface area contributed by atoms with Gasteiger partial charge in [-0.1, -0.05) is 66.4 Å². The molecule has 0 saturated carbocycles. The molecule has 17 heavy (non-hydrogen) atoms. The molecule has 0 aliphatic heterocycles. The average Bonchev–Trinajstić information content (AvgIpc) is 2.61. The van der Waals surface area contributed by atoms with Crippen molar-refractivity contribution < 1.29 is 0 Å². The summed E-state index contributed by atoms with van der Waals surface area (Å²) in [4.78, 5) is 2.61. The third-order valence-corrected chi connectivity index (χ3v) is 3.81. The fourth-order valence-electron chi connectivity index (χ4n) is 1.89. The van der Waals surface area contributed by atoms with E-state index in [2.05, 4.69) is 66.7 Å². The quantitative estimate of drug-likeness (QED) is 0.607. The Morgan fingerprint density at radius 2 is 1.29 bits per heavy atom. The van der Waals surface area contributed by atoms with Gasteiger partial charge in [0.25, 0.3) is 0 Å². The van der Waals surface area contributed by atoms with E-state index in [1.807, 2.05) is 17.8 Å². The summed E-state index contributed by atoms with van der Waals surface area (Å²) < 4.78 is 0. The minimum absolute atomic E-state index is 1.28. The van der Waals surface area contributed by atoms with Crippen LogP contribution in [0.25, 0.3) is 11.1 Å². The molecule has 1 heteroatoms. The monoisotopic (exact) mass is 236 g/mol. The Morgan fingerprint density at radius 1 is 0.588 bits per heavy atom. The summed E-state index contributed by atoms with van der Waals surface area (Å²) in [6.45, 7) is 0. The molecule has 3 rings (SSSR count). The van der Waals surface area contributed by atoms with E-state index in [1.165, 1.54) is 20.9 Å². The van der Waals surface area contributed by atoms with E-state index in [-0.39, 0.29) is 0 Å². The molecule has 0 bridgehead atoms. The van der Waals surface area contributed by atoms with Crippen molar-refractivity contribution in [1.82, 2.24) is 0 Å². The Labute approximate surface area is 106 Å². The van der Waals surface area contributed by atoms with Crippen molar-refractivity contribution in [3.05, 3.63) is 72.8 Å². The van der Waals surface area contributed by atoms with Crippen LogP contribution in [-0.2, 0) is 0 Å². The lowest BCUT2D eigenvalue weighted by atomic mass is 10.2. The van der Waals surface area contributed by atoms with Crippen LogP contribution in [0.1, 0.15) is 0 Å². The molecular weight excluding hydrogens is 224 g/mol. The van der Waals surface area contributed by atoms with Gasteiger partial charge in [-0.2, -0.15) is 0 Å². The van der Waals surface area contributed by atoms with E-state index in [0.29, 0.717) is 0 Å². The third-order valence-electron chi connectivity index (χ3n) is 2.72. The Kier molecular flexibility index (Phi) is 2.85. The van der Waals surface area contributed by atoms with Crippen molar-refractivity contribution >= 4 is 11.8 Å². The third kappa shape index (κ3) is 2.20. The van der Waals surface area contributed by atoms with Crippen LogP contribution < -0.4 is 0 Å². The molecule has 1 aromatic rings. The Balaban J connectivity index is 1.99. The minimum atomic E-state index is 1.28. The summed E-state index contributed by atoms with van der Waals surface area (Å²) in [5, 5.41) is 0. The summed E-state index contributed by atoms with van der Waals surface area (Å²) in [6.07, 6.45) is 0. The standard InChI is InChI=1S/C16H12S/c1-3-7-13-11-12-16(15(13)10-6-1)17-14-8-4-2-5-9-14/h1-12H. The molecule has 0 amide bonds. The van der Waals surface area contributed by atoms with E-state index in [0.717, 1.165) is 0 Å². The first-order valence-electron chi connectivity index (χ1n) is 5.64. The maximum Gasteiger partial charge on any atom is 0.0201 e. The van der Waals surface area contributed by atoms with Gasteiger partial charge < -0.3 is 0 Å². The highest BCUT2D eigenvalue weighted by Gasteiger charge is 2.08. The van der Waals surface area contributed by atoms with Crippen LogP contribution in [0.15, 0.2) is 82.6 Å². The first-order chi connectivity index (χ1) is 8.43. The molecule has 0 atom stereocenters. The van der Waals surface area contributed by atoms with Gasteiger partial charge in [0.1, 0.15) is 0 Å². The second-order valence-corrected chi connectivity index (χ2v) is 5.01. The maximum absolute atomic E-state index is 2.20. The lowest BCUT2D eigenvalue weighted by Crippen LogP contribution is -1.72. The molecule has 0 saturated heterocycles. The van der Waals surface area contributed by atoms with E-state index >= 15 is 0 Å². The van der Waals surface area contributed by atoms with Crippen LogP contribution >= 0.6 is 11.8 Å². The van der Waals surface area contributed by atoms with Crippen molar-refractivity contribution in [3.63, 3.8) is 0 Å². The Morgan fingerprint density at radius 3 is 2.12 bits per heavy atom. The SMILES string of the molecule is c1ccc(Sc2ccc3cccccc2-3)cc1. The molecule has 2 aliphatic rings. The predicted molar refractivity (Wildman–Crippen MR) is 73.6 cm³/mol. The first kappa shape index (κ1) is 10.4. The summed E-state index contributed by atoms with van der Waals surface area (Å²) in [5.41, 5.74) is 2.62. The van der Waals surface area contributed by atoms with Crippen molar-refractivity contribution in [1.29, 1.82) is 0 Å². The fraction of sp³-hybridized carbons (Fsp3) is 0. The predicted octanol–water partition coefficient (Wildman–Crippen LogP) is 4.94. The van der Waals surface area contributed by atoms with Gasteiger partial charge >= 0.3 is 0 Å². The van der Waals surface area contributed by atoms with Gasteiger partial charge in [0.15, 0.2) is 0 Å². The topological polar surface area (TPSA) is 0 Å². The first-order valence-corrected chi connectivity index (χ1v) is 6.46. The normalized spacial score (nSPS) is 10.6. The zero-order valence-electron chi connectivity index (χ0n) is 9.34. The second kappa shape index (κ2) is 4.64. The van der Waals surface area contributed by atoms with Crippen LogP contribution in [-0.4, -0.2) is 0 Å². The van der Waals surface area contributed by atoms with Gasteiger partial charge in [-0.3, -0.25) is 0 Å². The molecule has 0 aromatic heterocycles. The lowest BCUT2D eigenvalue weighted by Gasteiger charge is -2.01. The number of rotatable bonds is 2. The number of hydrogen-bond donors (Lipinski definition) is 0. The molecule has 82 valence electrons. The van der Waals surface area contributed by atoms with Crippen LogP contribution in [0.2, 0.25) is 0 Å². The highest BCUT2D eigenvalue weighted by Crippen LogP contribution is 2.37. The van der Waals surface area contributed by atoms with Gasteiger partial charge in [0.05, 0.1) is 0 Å². The van der Waals surface area contributed by atoms with Crippen molar-refractivity contribution in [2.75, 3.05) is 0 Å². The van der Waals surface area contributed by atoms with Gasteiger partial charge in [0.2, 0.25) is 0 Å². The lowest BCUT2D eigenvalue weighted by molar-refractivity contribution is 1.44. The zero-order chi connectivity index (χ0) is 11.5. The zero-order valence-corrected chi connectivity index (χ0v) is 10.2. The van der Waals surface area contributed by atoms with Crippen LogP contribution in [0.5, 0.6) is 0 Å². The van der Waals surface area contributed by atoms with Gasteiger partial charge in [0, 0.05) is 9.79 Å². The minimum Gasteiger partial charge on any atom is -0.0895 e. The molecule has 0 spiro atoms. The van der Waals surface area contributed by atoms with Crippen LogP contribution in [0.4, 0.5) is 0 Å². The van der Waals surface area contributed by atoms with Crippen LogP contribution in [0.3, 0.4) is 0 Å². The Bertz CT molecular complexity index is 587. The molecular formula is C16H12S. The van der Waals surface area contributed by atoms with Crippen molar-refractivity contribution in [3.8, 4) is 11.1 Å². The molecule has 0 radical (unpaired) electrons. The Hall–Kier alpha value is -1.73. The highest BCUT2D eigenvalue weighted by molar-refractivity contribution is 7.99. The van der Waals surface area contributed by atoms with Gasteiger partial charge in [-0.05, 0) is 29.3 Å². The van der Waals surface area contributed by atoms with Crippen LogP contribution in [0, 0.1) is 0 Å². The van der Waals surface area contributed by atoms with E-state index < -0.39 is 0 Å². The average molecular weight is 236 g/mol. The van der Waals surface area contributed by atoms with Crippen molar-refractivity contribution in [2.24, 2.45) is 0 Å². The molecule has 0 fully saturated rings. The smallest absolute Gasteiger partial charge is 0.0201 e. The maximum atomic E-state index is 2.20. The molecule has 0 nitrogen and oxygen atoms in total. The highest BCUT2D eigenvalue weighted by atomic mass is 32.2. The fourth-order valence-corrected chi connectivity index (χ4v) is 2.87. The number of benzene rings is 1. The molecule has 0 N–H and O–H groups in total. The number of hydrogen-bond acceptors (Lipinski definition) is 1. The van der Waals surface area contributed by atoms with E-state index in [1.54, 1.807) is 0 Å². The molecule has 0 unspecified atom stereocenters. The largest absolute Gasteiger partial charge is 0.0895 e. The summed E-state index contributed by atoms with van der Waals surface area (Å²) in [7, 11) is 0. The van der Waals surface area contributed by atoms with Gasteiger partial charge in [-0.25, -0.2) is 0 Å². The van der Waals surface area contributed by atoms with E-state index in [9.17, 15) is 0 Å². The molecule has 2 aliphatic carbocycles. The molecule has 1 aromatic carbocycles. The van der Waals surface area contributed by atoms with Gasteiger partial charge in [-0.15, -0.1) is 0 Å². The summed E-state index contributed by atoms with van der Waals surface area (Å²) in [5.74, 6) is 0. The summed E-state index contributed by atoms with van der Waals surface area (Å²) >= 11 is 1.82.